The zero-order valence-electron chi connectivity index (χ0n) is 27.1. The standard InChI is InChI=1S/C34H32N4O10S/c1-6-48-34(41)27-26(21-8-7-9-23(45-3)29(21)47-5)28(31(39)36-19-11-13-20(14-12-19)38(42)43)33-37(30(27)35)32(40)25(49-33)17-18-10-15-22(44-2)24(16-18)46-4/h7-17,26H,6,35H2,1-5H3,(H,36,39)/b25-17-. The number of amides is 1. The second kappa shape index (κ2) is 14.4. The van der Waals surface area contributed by atoms with Gasteiger partial charge in [0.15, 0.2) is 23.0 Å². The van der Waals surface area contributed by atoms with E-state index < -0.39 is 28.3 Å². The molecule has 254 valence electrons. The van der Waals surface area contributed by atoms with Crippen LogP contribution in [0.25, 0.3) is 17.5 Å². The third kappa shape index (κ3) is 6.43. The molecule has 0 spiro atoms. The molecule has 49 heavy (non-hydrogen) atoms. The van der Waals surface area contributed by atoms with Crippen LogP contribution in [-0.2, 0) is 14.3 Å². The Balaban J connectivity index is 1.86. The molecule has 0 radical (unpaired) electrons. The van der Waals surface area contributed by atoms with Gasteiger partial charge in [0.25, 0.3) is 17.2 Å². The first-order valence-corrected chi connectivity index (χ1v) is 15.5. The monoisotopic (exact) mass is 688 g/mol. The molecule has 1 aliphatic heterocycles. The summed E-state index contributed by atoms with van der Waals surface area (Å²) in [5.74, 6) is -1.57. The second-order valence-corrected chi connectivity index (χ2v) is 11.4. The lowest BCUT2D eigenvalue weighted by molar-refractivity contribution is -0.384. The van der Waals surface area contributed by atoms with E-state index in [9.17, 15) is 24.5 Å². The minimum Gasteiger partial charge on any atom is -0.493 e. The predicted molar refractivity (Wildman–Crippen MR) is 182 cm³/mol. The van der Waals surface area contributed by atoms with E-state index >= 15 is 0 Å². The van der Waals surface area contributed by atoms with E-state index in [0.29, 0.717) is 28.4 Å². The van der Waals surface area contributed by atoms with Crippen molar-refractivity contribution in [3.05, 3.63) is 107 Å². The van der Waals surface area contributed by atoms with E-state index in [0.717, 1.165) is 15.9 Å². The quantitative estimate of drug-likeness (QED) is 0.134. The lowest BCUT2D eigenvalue weighted by Gasteiger charge is -2.29. The number of hydrogen-bond acceptors (Lipinski definition) is 12. The zero-order valence-corrected chi connectivity index (χ0v) is 27.9. The molecular formula is C34H32N4O10S. The topological polar surface area (TPSA) is 183 Å². The third-order valence-electron chi connectivity index (χ3n) is 7.67. The first-order valence-electron chi connectivity index (χ1n) is 14.7. The van der Waals surface area contributed by atoms with Gasteiger partial charge in [-0.15, -0.1) is 11.3 Å². The molecule has 0 saturated carbocycles. The molecule has 1 aliphatic rings. The average Bonchev–Trinajstić information content (AvgIpc) is 3.42. The minimum absolute atomic E-state index is 0.0222. The Kier molecular flexibility index (Phi) is 10.0. The van der Waals surface area contributed by atoms with E-state index in [1.54, 1.807) is 49.4 Å². The summed E-state index contributed by atoms with van der Waals surface area (Å²) in [6, 6.07) is 15.3. The summed E-state index contributed by atoms with van der Waals surface area (Å²) in [6.07, 6.45) is 1.60. The van der Waals surface area contributed by atoms with Crippen LogP contribution >= 0.6 is 11.3 Å². The highest BCUT2D eigenvalue weighted by Crippen LogP contribution is 2.45. The Bertz CT molecular complexity index is 2170. The van der Waals surface area contributed by atoms with Crippen LogP contribution in [0.2, 0.25) is 0 Å². The highest BCUT2D eigenvalue weighted by Gasteiger charge is 2.41. The van der Waals surface area contributed by atoms with Crippen molar-refractivity contribution in [1.29, 1.82) is 0 Å². The van der Waals surface area contributed by atoms with Gasteiger partial charge < -0.3 is 34.7 Å². The number of methoxy groups -OCH3 is 4. The predicted octanol–water partition coefficient (Wildman–Crippen LogP) is 2.96. The number of fused-ring (bicyclic) bond motifs is 1. The molecular weight excluding hydrogens is 656 g/mol. The number of nitro benzene ring substituents is 1. The normalized spacial score (nSPS) is 14.2. The molecule has 0 saturated heterocycles. The van der Waals surface area contributed by atoms with Crippen molar-refractivity contribution < 1.29 is 38.2 Å². The summed E-state index contributed by atoms with van der Waals surface area (Å²) in [4.78, 5) is 52.9. The van der Waals surface area contributed by atoms with Gasteiger partial charge in [-0.2, -0.15) is 0 Å². The number of carbonyl (C=O) groups is 2. The van der Waals surface area contributed by atoms with Gasteiger partial charge in [-0.1, -0.05) is 18.2 Å². The lowest BCUT2D eigenvalue weighted by atomic mass is 9.82. The molecule has 3 N–H and O–H groups in total. The molecule has 15 heteroatoms. The largest absolute Gasteiger partial charge is 0.493 e. The van der Waals surface area contributed by atoms with Gasteiger partial charge in [0.2, 0.25) is 0 Å². The number of nitrogens with zero attached hydrogens (tertiary/aromatic N) is 2. The number of hydrogen-bond donors (Lipinski definition) is 2. The lowest BCUT2D eigenvalue weighted by Crippen LogP contribution is -2.42. The molecule has 1 aromatic heterocycles. The summed E-state index contributed by atoms with van der Waals surface area (Å²) in [5, 5.41) is 14.0. The van der Waals surface area contributed by atoms with E-state index in [4.69, 9.17) is 29.4 Å². The van der Waals surface area contributed by atoms with Crippen molar-refractivity contribution in [3.8, 4) is 23.0 Å². The molecule has 5 rings (SSSR count). The molecule has 0 aliphatic carbocycles. The number of para-hydroxylation sites is 1. The number of carbonyl (C=O) groups excluding carboxylic acids is 2. The fourth-order valence-corrected chi connectivity index (χ4v) is 6.66. The Hall–Kier alpha value is -6.09. The molecule has 0 bridgehead atoms. The molecule has 1 unspecified atom stereocenters. The Morgan fingerprint density at radius 2 is 1.65 bits per heavy atom. The summed E-state index contributed by atoms with van der Waals surface area (Å²) in [6.45, 7) is 1.59. The molecule has 2 heterocycles. The number of ether oxygens (including phenoxy) is 5. The summed E-state index contributed by atoms with van der Waals surface area (Å²) < 4.78 is 28.8. The van der Waals surface area contributed by atoms with Crippen LogP contribution in [0.4, 0.5) is 11.4 Å². The molecule has 14 nitrogen and oxygen atoms in total. The maximum absolute atomic E-state index is 14.4. The van der Waals surface area contributed by atoms with Crippen molar-refractivity contribution in [2.24, 2.45) is 5.73 Å². The van der Waals surface area contributed by atoms with E-state index in [1.807, 2.05) is 0 Å². The molecule has 4 aromatic rings. The number of aromatic nitrogens is 1. The highest BCUT2D eigenvalue weighted by atomic mass is 32.1. The van der Waals surface area contributed by atoms with Crippen LogP contribution < -0.4 is 44.8 Å². The number of non-ortho nitro benzene ring substituents is 1. The Morgan fingerprint density at radius 1 is 0.959 bits per heavy atom. The van der Waals surface area contributed by atoms with Crippen LogP contribution in [0.15, 0.2) is 71.0 Å². The Labute approximate surface area is 283 Å². The van der Waals surface area contributed by atoms with Crippen LogP contribution in [0.5, 0.6) is 23.0 Å². The van der Waals surface area contributed by atoms with Crippen LogP contribution in [-0.4, -0.2) is 56.4 Å². The van der Waals surface area contributed by atoms with Gasteiger partial charge >= 0.3 is 5.97 Å². The maximum Gasteiger partial charge on any atom is 0.338 e. The Morgan fingerprint density at radius 3 is 2.27 bits per heavy atom. The van der Waals surface area contributed by atoms with E-state index in [2.05, 4.69) is 5.32 Å². The highest BCUT2D eigenvalue weighted by molar-refractivity contribution is 7.07. The fourth-order valence-electron chi connectivity index (χ4n) is 5.49. The first-order chi connectivity index (χ1) is 23.6. The van der Waals surface area contributed by atoms with E-state index in [1.165, 1.54) is 52.7 Å². The molecule has 3 aromatic carbocycles. The summed E-state index contributed by atoms with van der Waals surface area (Å²) in [5.41, 5.74) is 6.85. The number of rotatable bonds is 11. The van der Waals surface area contributed by atoms with E-state index in [-0.39, 0.29) is 49.9 Å². The number of esters is 1. The number of benzene rings is 3. The number of thiazole rings is 1. The molecule has 1 amide bonds. The van der Waals surface area contributed by atoms with Crippen molar-refractivity contribution in [2.75, 3.05) is 40.4 Å². The van der Waals surface area contributed by atoms with Gasteiger partial charge in [-0.25, -0.2) is 4.79 Å². The van der Waals surface area contributed by atoms with Crippen molar-refractivity contribution >= 4 is 52.1 Å². The maximum atomic E-state index is 14.4. The number of nitrogens with one attached hydrogen (secondary N) is 1. The minimum atomic E-state index is -1.21. The summed E-state index contributed by atoms with van der Waals surface area (Å²) in [7, 11) is 5.85. The number of anilines is 1. The molecule has 0 fully saturated rings. The average molecular weight is 689 g/mol. The third-order valence-corrected chi connectivity index (χ3v) is 8.78. The van der Waals surface area contributed by atoms with Crippen molar-refractivity contribution in [3.63, 3.8) is 0 Å². The number of nitro groups is 1. The van der Waals surface area contributed by atoms with Gasteiger partial charge in [-0.3, -0.25) is 24.3 Å². The van der Waals surface area contributed by atoms with Gasteiger partial charge in [0.05, 0.1) is 61.6 Å². The second-order valence-electron chi connectivity index (χ2n) is 10.4. The first kappa shape index (κ1) is 34.3. The van der Waals surface area contributed by atoms with Gasteiger partial charge in [-0.05, 0) is 48.9 Å². The fraction of sp³-hybridized carbons (Fsp3) is 0.206. The smallest absolute Gasteiger partial charge is 0.338 e. The van der Waals surface area contributed by atoms with Crippen LogP contribution in [0, 0.1) is 10.1 Å². The zero-order chi connectivity index (χ0) is 35.4. The number of nitrogens with two attached hydrogens (primary N) is 1. The van der Waals surface area contributed by atoms with Crippen LogP contribution in [0.3, 0.4) is 0 Å². The van der Waals surface area contributed by atoms with Gasteiger partial charge in [0, 0.05) is 23.4 Å². The summed E-state index contributed by atoms with van der Waals surface area (Å²) >= 11 is 0.984. The van der Waals surface area contributed by atoms with Gasteiger partial charge in [0.1, 0.15) is 10.5 Å². The van der Waals surface area contributed by atoms with Crippen molar-refractivity contribution in [2.45, 2.75) is 12.8 Å². The molecule has 1 atom stereocenters. The van der Waals surface area contributed by atoms with Crippen molar-refractivity contribution in [1.82, 2.24) is 4.57 Å². The SMILES string of the molecule is CCOC(=O)C1=C(N)n2c(s/c(=C\c3ccc(OC)c(OC)c3)c2=O)=C(C(=O)Nc2ccc([N+](=O)[O-])cc2)C1c1cccc(OC)c1OC. The van der Waals surface area contributed by atoms with Crippen LogP contribution in [0.1, 0.15) is 24.0 Å².